The quantitative estimate of drug-likeness (QED) is 0.146. The number of aromatic nitrogens is 5. The van der Waals surface area contributed by atoms with Gasteiger partial charge in [-0.2, -0.15) is 0 Å². The highest BCUT2D eigenvalue weighted by atomic mass is 16.5. The number of rotatable bonds is 12. The molecule has 3 aromatic heterocycles. The molecule has 276 valence electrons. The lowest BCUT2D eigenvalue weighted by Gasteiger charge is -2.29. The predicted molar refractivity (Wildman–Crippen MR) is 209 cm³/mol. The Bertz CT molecular complexity index is 2530. The number of carbonyl (C=O) groups is 1. The van der Waals surface area contributed by atoms with Gasteiger partial charge in [0.15, 0.2) is 11.2 Å². The topological polar surface area (TPSA) is 138 Å². The molecule has 1 N–H and O–H groups in total. The molecule has 0 radical (unpaired) electrons. The number of nitrogens with zero attached hydrogens (tertiary/aromatic N) is 6. The van der Waals surface area contributed by atoms with Crippen molar-refractivity contribution in [1.29, 1.82) is 0 Å². The monoisotopic (exact) mass is 733 g/mol. The summed E-state index contributed by atoms with van der Waals surface area (Å²) in [7, 11) is 1.72. The summed E-state index contributed by atoms with van der Waals surface area (Å²) in [5, 5.41) is 16.7. The molecule has 0 fully saturated rings. The van der Waals surface area contributed by atoms with Crippen molar-refractivity contribution < 1.29 is 18.7 Å². The van der Waals surface area contributed by atoms with Crippen LogP contribution in [0, 0.1) is 6.92 Å². The summed E-state index contributed by atoms with van der Waals surface area (Å²) in [6, 6.07) is 29.6. The number of hydrogen-bond donors (Lipinski definition) is 1. The molecule has 0 saturated heterocycles. The van der Waals surface area contributed by atoms with E-state index in [4.69, 9.17) is 19.0 Å². The van der Waals surface area contributed by atoms with E-state index in [1.165, 1.54) is 33.1 Å². The summed E-state index contributed by atoms with van der Waals surface area (Å²) < 4.78 is 17.5. The summed E-state index contributed by atoms with van der Waals surface area (Å²) >= 11 is 0. The molecule has 1 aliphatic rings. The van der Waals surface area contributed by atoms with Crippen LogP contribution in [-0.2, 0) is 25.8 Å². The van der Waals surface area contributed by atoms with Crippen LogP contribution >= 0.6 is 0 Å². The second-order valence-electron chi connectivity index (χ2n) is 13.5. The Morgan fingerprint density at radius 1 is 0.927 bits per heavy atom. The van der Waals surface area contributed by atoms with Gasteiger partial charge in [0.05, 0.1) is 36.0 Å². The normalized spacial score (nSPS) is 12.7. The molecule has 1 amide bonds. The smallest absolute Gasteiger partial charge is 0.291 e. The van der Waals surface area contributed by atoms with Gasteiger partial charge in [0.25, 0.3) is 5.91 Å². The number of carbonyl (C=O) groups excluding carboxylic acids is 1. The van der Waals surface area contributed by atoms with E-state index in [0.717, 1.165) is 49.5 Å². The van der Waals surface area contributed by atoms with E-state index in [9.17, 15) is 9.59 Å². The lowest BCUT2D eigenvalue weighted by molar-refractivity contribution is 0.0997. The molecule has 0 aliphatic carbocycles. The number of nitrogens with one attached hydrogen (secondary N) is 1. The van der Waals surface area contributed by atoms with Crippen molar-refractivity contribution in [1.82, 2.24) is 30.1 Å². The van der Waals surface area contributed by atoms with Gasteiger partial charge in [-0.05, 0) is 107 Å². The van der Waals surface area contributed by atoms with Gasteiger partial charge in [-0.15, -0.1) is 15.0 Å². The van der Waals surface area contributed by atoms with E-state index >= 15 is 0 Å². The van der Waals surface area contributed by atoms with Gasteiger partial charge < -0.3 is 19.2 Å². The SMILES string of the molecule is COc1cc2c(cc1C)CCN(CCc1ccc(-n3nnc(-c4cc(OCCc5cccnc5)ccc4NC(=O)c4cc(=O)c5ccccc5o4)n3)cc1)C2. The van der Waals surface area contributed by atoms with Gasteiger partial charge in [0.2, 0.25) is 5.82 Å². The van der Waals surface area contributed by atoms with Crippen molar-refractivity contribution in [3.8, 4) is 28.6 Å². The zero-order valence-corrected chi connectivity index (χ0v) is 30.6. The van der Waals surface area contributed by atoms with Gasteiger partial charge in [-0.25, -0.2) is 0 Å². The van der Waals surface area contributed by atoms with Gasteiger partial charge in [-0.3, -0.25) is 19.5 Å². The number of aryl methyl sites for hydroxylation is 1. The Morgan fingerprint density at radius 2 is 1.80 bits per heavy atom. The van der Waals surface area contributed by atoms with Crippen LogP contribution in [-0.4, -0.2) is 62.8 Å². The first-order chi connectivity index (χ1) is 26.9. The zero-order chi connectivity index (χ0) is 37.7. The number of fused-ring (bicyclic) bond motifs is 2. The molecule has 12 heteroatoms. The lowest BCUT2D eigenvalue weighted by Crippen LogP contribution is -2.32. The van der Waals surface area contributed by atoms with Crippen LogP contribution in [0.4, 0.5) is 5.69 Å². The van der Waals surface area contributed by atoms with Gasteiger partial charge >= 0.3 is 0 Å². The Kier molecular flexibility index (Phi) is 10.1. The Balaban J connectivity index is 0.988. The summed E-state index contributed by atoms with van der Waals surface area (Å²) in [6.07, 6.45) is 6.14. The molecule has 4 aromatic carbocycles. The highest BCUT2D eigenvalue weighted by molar-refractivity contribution is 6.05. The molecule has 7 aromatic rings. The van der Waals surface area contributed by atoms with Crippen molar-refractivity contribution in [2.45, 2.75) is 32.7 Å². The number of pyridine rings is 1. The summed E-state index contributed by atoms with van der Waals surface area (Å²) in [6.45, 7) is 5.38. The number of ether oxygens (including phenoxy) is 2. The largest absolute Gasteiger partial charge is 0.496 e. The van der Waals surface area contributed by atoms with Crippen molar-refractivity contribution in [2.75, 3.05) is 32.1 Å². The minimum absolute atomic E-state index is 0.122. The first-order valence-electron chi connectivity index (χ1n) is 18.2. The Hall–Kier alpha value is -6.66. The molecule has 0 saturated carbocycles. The number of para-hydroxylation sites is 1. The van der Waals surface area contributed by atoms with E-state index < -0.39 is 5.91 Å². The molecule has 0 spiro atoms. The fourth-order valence-corrected chi connectivity index (χ4v) is 6.83. The standard InChI is InChI=1S/C43H39N7O5/c1-28-22-31-16-20-49(27-32(31)23-40(28)53-2)19-15-29-9-11-33(12-10-29)50-47-42(46-48-50)36-24-34(54-21-17-30-6-5-18-44-26-30)13-14-37(36)45-43(52)41-25-38(51)35-7-3-4-8-39(35)55-41/h3-14,18,22-26H,15-17,19-21,27H2,1-2H3,(H,45,52). The molecular formula is C43H39N7O5. The highest BCUT2D eigenvalue weighted by Crippen LogP contribution is 2.31. The fourth-order valence-electron chi connectivity index (χ4n) is 6.83. The third-order valence-corrected chi connectivity index (χ3v) is 9.83. The third kappa shape index (κ3) is 7.99. The van der Waals surface area contributed by atoms with Crippen molar-refractivity contribution >= 4 is 22.6 Å². The summed E-state index contributed by atoms with van der Waals surface area (Å²) in [5.41, 5.74) is 7.80. The van der Waals surface area contributed by atoms with E-state index in [-0.39, 0.29) is 17.0 Å². The average molecular weight is 734 g/mol. The van der Waals surface area contributed by atoms with Crippen LogP contribution < -0.4 is 20.2 Å². The van der Waals surface area contributed by atoms with Crippen LogP contribution in [0.25, 0.3) is 28.0 Å². The number of anilines is 1. The Labute approximate surface area is 317 Å². The molecule has 12 nitrogen and oxygen atoms in total. The molecule has 55 heavy (non-hydrogen) atoms. The zero-order valence-electron chi connectivity index (χ0n) is 30.6. The van der Waals surface area contributed by atoms with Crippen LogP contribution in [0.15, 0.2) is 119 Å². The minimum atomic E-state index is -0.596. The maximum absolute atomic E-state index is 13.5. The molecule has 0 atom stereocenters. The number of amides is 1. The molecule has 1 aliphatic heterocycles. The molecule has 8 rings (SSSR count). The fraction of sp³-hybridized carbons (Fsp3) is 0.209. The van der Waals surface area contributed by atoms with Gasteiger partial charge in [0.1, 0.15) is 17.1 Å². The number of benzene rings is 4. The van der Waals surface area contributed by atoms with E-state index in [0.29, 0.717) is 41.0 Å². The molecule has 0 unspecified atom stereocenters. The van der Waals surface area contributed by atoms with Crippen LogP contribution in [0.3, 0.4) is 0 Å². The Morgan fingerprint density at radius 3 is 2.64 bits per heavy atom. The number of tetrazole rings is 1. The average Bonchev–Trinajstić information content (AvgIpc) is 3.71. The molecule has 0 bridgehead atoms. The van der Waals surface area contributed by atoms with Crippen LogP contribution in [0.2, 0.25) is 0 Å². The van der Waals surface area contributed by atoms with E-state index in [1.807, 2.05) is 24.3 Å². The highest BCUT2D eigenvalue weighted by Gasteiger charge is 2.20. The molecular weight excluding hydrogens is 695 g/mol. The molecule has 4 heterocycles. The van der Waals surface area contributed by atoms with Crippen molar-refractivity contribution in [3.05, 3.63) is 153 Å². The summed E-state index contributed by atoms with van der Waals surface area (Å²) in [5.74, 6) is 1.05. The van der Waals surface area contributed by atoms with E-state index in [2.05, 4.69) is 56.7 Å². The maximum Gasteiger partial charge on any atom is 0.291 e. The second-order valence-corrected chi connectivity index (χ2v) is 13.5. The second kappa shape index (κ2) is 15.7. The number of methoxy groups -OCH3 is 1. The number of hydrogen-bond acceptors (Lipinski definition) is 10. The maximum atomic E-state index is 13.5. The summed E-state index contributed by atoms with van der Waals surface area (Å²) in [4.78, 5) is 34.3. The van der Waals surface area contributed by atoms with Gasteiger partial charge in [-0.1, -0.05) is 36.4 Å². The lowest BCUT2D eigenvalue weighted by atomic mass is 9.96. The van der Waals surface area contributed by atoms with Crippen LogP contribution in [0.5, 0.6) is 11.5 Å². The van der Waals surface area contributed by atoms with Crippen molar-refractivity contribution in [2.24, 2.45) is 0 Å². The first kappa shape index (κ1) is 35.4. The third-order valence-electron chi connectivity index (χ3n) is 9.83. The predicted octanol–water partition coefficient (Wildman–Crippen LogP) is 6.62. The van der Waals surface area contributed by atoms with Crippen LogP contribution in [0.1, 0.15) is 38.4 Å². The first-order valence-corrected chi connectivity index (χ1v) is 18.2. The minimum Gasteiger partial charge on any atom is -0.496 e. The van der Waals surface area contributed by atoms with E-state index in [1.54, 1.807) is 62.0 Å². The van der Waals surface area contributed by atoms with Gasteiger partial charge in [0, 0.05) is 44.5 Å². The van der Waals surface area contributed by atoms with Crippen molar-refractivity contribution in [3.63, 3.8) is 0 Å².